The smallest absolute Gasteiger partial charge is 0.0507 e. The number of aryl methyl sites for hydroxylation is 1. The van der Waals surface area contributed by atoms with E-state index in [0.717, 1.165) is 38.2 Å². The maximum Gasteiger partial charge on any atom is 0.0507 e. The van der Waals surface area contributed by atoms with E-state index in [1.807, 2.05) is 18.2 Å². The van der Waals surface area contributed by atoms with Crippen molar-refractivity contribution in [3.05, 3.63) is 65.7 Å². The first kappa shape index (κ1) is 14.6. The number of anilines is 1. The molecule has 20 heavy (non-hydrogen) atoms. The Hall–Kier alpha value is -1.80. The first-order valence-electron chi connectivity index (χ1n) is 7.31. The van der Waals surface area contributed by atoms with Gasteiger partial charge in [0.15, 0.2) is 0 Å². The number of nitrogens with two attached hydrogens (primary N) is 1. The first-order valence-corrected chi connectivity index (χ1v) is 7.31. The third-order valence-electron chi connectivity index (χ3n) is 3.42. The average molecular weight is 269 g/mol. The summed E-state index contributed by atoms with van der Waals surface area (Å²) in [6.45, 7) is 1.58. The maximum absolute atomic E-state index is 5.89. The molecule has 2 nitrogen and oxygen atoms in total. The molecule has 2 aromatic carbocycles. The van der Waals surface area contributed by atoms with Gasteiger partial charge in [0.2, 0.25) is 0 Å². The van der Waals surface area contributed by atoms with Gasteiger partial charge in [-0.25, -0.2) is 0 Å². The number of hydrogen-bond donors (Lipinski definition) is 1. The second kappa shape index (κ2) is 8.39. The molecule has 2 heteroatoms. The summed E-state index contributed by atoms with van der Waals surface area (Å²) in [5.41, 5.74) is 9.34. The van der Waals surface area contributed by atoms with Crippen LogP contribution in [-0.4, -0.2) is 13.2 Å². The number of rotatable bonds is 8. The van der Waals surface area contributed by atoms with E-state index in [-0.39, 0.29) is 0 Å². The molecular formula is C18H23NO. The Bertz CT molecular complexity index is 496. The van der Waals surface area contributed by atoms with Gasteiger partial charge in [0.05, 0.1) is 6.61 Å². The molecule has 0 amide bonds. The summed E-state index contributed by atoms with van der Waals surface area (Å²) in [5.74, 6) is 0. The second-order valence-corrected chi connectivity index (χ2v) is 5.00. The van der Waals surface area contributed by atoms with Crippen LogP contribution >= 0.6 is 0 Å². The fourth-order valence-electron chi connectivity index (χ4n) is 2.22. The molecular weight excluding hydrogens is 246 g/mol. The highest BCUT2D eigenvalue weighted by molar-refractivity contribution is 5.46. The van der Waals surface area contributed by atoms with Gasteiger partial charge in [-0.2, -0.15) is 0 Å². The Morgan fingerprint density at radius 1 is 0.750 bits per heavy atom. The van der Waals surface area contributed by atoms with Crippen LogP contribution < -0.4 is 5.73 Å². The SMILES string of the molecule is Nc1ccccc1CCOCCCCc1ccccc1. The van der Waals surface area contributed by atoms with E-state index >= 15 is 0 Å². The van der Waals surface area contributed by atoms with Crippen LogP contribution in [0.3, 0.4) is 0 Å². The van der Waals surface area contributed by atoms with Crippen LogP contribution in [0.1, 0.15) is 24.0 Å². The van der Waals surface area contributed by atoms with Gasteiger partial charge in [0.25, 0.3) is 0 Å². The van der Waals surface area contributed by atoms with Gasteiger partial charge in [0, 0.05) is 12.3 Å². The predicted octanol–water partition coefficient (Wildman–Crippen LogP) is 3.85. The Labute approximate surface area is 121 Å². The lowest BCUT2D eigenvalue weighted by atomic mass is 10.1. The highest BCUT2D eigenvalue weighted by Crippen LogP contribution is 2.11. The third kappa shape index (κ3) is 5.06. The van der Waals surface area contributed by atoms with Crippen molar-refractivity contribution in [2.24, 2.45) is 0 Å². The van der Waals surface area contributed by atoms with Gasteiger partial charge in [-0.3, -0.25) is 0 Å². The number of para-hydroxylation sites is 1. The molecule has 0 aliphatic carbocycles. The number of hydrogen-bond acceptors (Lipinski definition) is 2. The normalized spacial score (nSPS) is 10.6. The topological polar surface area (TPSA) is 35.2 Å². The summed E-state index contributed by atoms with van der Waals surface area (Å²) < 4.78 is 5.67. The van der Waals surface area contributed by atoms with E-state index in [4.69, 9.17) is 10.5 Å². The Morgan fingerprint density at radius 3 is 2.30 bits per heavy atom. The van der Waals surface area contributed by atoms with Crippen LogP contribution in [0.15, 0.2) is 54.6 Å². The number of unbranched alkanes of at least 4 members (excludes halogenated alkanes) is 1. The minimum Gasteiger partial charge on any atom is -0.399 e. The summed E-state index contributed by atoms with van der Waals surface area (Å²) in [6.07, 6.45) is 4.32. The second-order valence-electron chi connectivity index (χ2n) is 5.00. The van der Waals surface area contributed by atoms with Crippen molar-refractivity contribution in [3.8, 4) is 0 Å². The van der Waals surface area contributed by atoms with E-state index in [9.17, 15) is 0 Å². The summed E-state index contributed by atoms with van der Waals surface area (Å²) in [5, 5.41) is 0. The van der Waals surface area contributed by atoms with Gasteiger partial charge >= 0.3 is 0 Å². The summed E-state index contributed by atoms with van der Waals surface area (Å²) in [4.78, 5) is 0. The standard InChI is InChI=1S/C18H23NO/c19-18-12-5-4-11-17(18)13-15-20-14-7-6-10-16-8-2-1-3-9-16/h1-5,8-9,11-12H,6-7,10,13-15,19H2. The van der Waals surface area contributed by atoms with Crippen LogP contribution in [0.25, 0.3) is 0 Å². The van der Waals surface area contributed by atoms with Crippen molar-refractivity contribution in [3.63, 3.8) is 0 Å². The molecule has 0 heterocycles. The predicted molar refractivity (Wildman–Crippen MR) is 84.8 cm³/mol. The minimum atomic E-state index is 0.750. The molecule has 0 saturated carbocycles. The molecule has 0 aromatic heterocycles. The van der Waals surface area contributed by atoms with Crippen molar-refractivity contribution in [2.45, 2.75) is 25.7 Å². The molecule has 0 fully saturated rings. The molecule has 106 valence electrons. The fraction of sp³-hybridized carbons (Fsp3) is 0.333. The Balaban J connectivity index is 1.53. The van der Waals surface area contributed by atoms with Crippen molar-refractivity contribution >= 4 is 5.69 Å². The van der Waals surface area contributed by atoms with Crippen molar-refractivity contribution in [2.75, 3.05) is 18.9 Å². The van der Waals surface area contributed by atoms with E-state index in [1.165, 1.54) is 17.5 Å². The molecule has 0 aliphatic rings. The molecule has 0 bridgehead atoms. The van der Waals surface area contributed by atoms with E-state index in [2.05, 4.69) is 36.4 Å². The molecule has 0 unspecified atom stereocenters. The van der Waals surface area contributed by atoms with Gasteiger partial charge < -0.3 is 10.5 Å². The molecule has 0 aliphatic heterocycles. The average Bonchev–Trinajstić information content (AvgIpc) is 2.49. The van der Waals surface area contributed by atoms with Gasteiger partial charge in [-0.05, 0) is 42.9 Å². The van der Waals surface area contributed by atoms with Crippen molar-refractivity contribution < 1.29 is 4.74 Å². The lowest BCUT2D eigenvalue weighted by Crippen LogP contribution is -2.03. The van der Waals surface area contributed by atoms with Gasteiger partial charge in [-0.15, -0.1) is 0 Å². The van der Waals surface area contributed by atoms with Crippen LogP contribution in [0.4, 0.5) is 5.69 Å². The van der Waals surface area contributed by atoms with Gasteiger partial charge in [-0.1, -0.05) is 48.5 Å². The minimum absolute atomic E-state index is 0.750. The Kier molecular flexibility index (Phi) is 6.12. The first-order chi connectivity index (χ1) is 9.86. The number of ether oxygens (including phenoxy) is 1. The lowest BCUT2D eigenvalue weighted by molar-refractivity contribution is 0.133. The van der Waals surface area contributed by atoms with E-state index in [0.29, 0.717) is 0 Å². The fourth-order valence-corrected chi connectivity index (χ4v) is 2.22. The van der Waals surface area contributed by atoms with Crippen LogP contribution in [0.5, 0.6) is 0 Å². The van der Waals surface area contributed by atoms with E-state index < -0.39 is 0 Å². The maximum atomic E-state index is 5.89. The molecule has 0 saturated heterocycles. The molecule has 0 spiro atoms. The monoisotopic (exact) mass is 269 g/mol. The highest BCUT2D eigenvalue weighted by Gasteiger charge is 1.98. The zero-order chi connectivity index (χ0) is 14.0. The van der Waals surface area contributed by atoms with Crippen molar-refractivity contribution in [1.29, 1.82) is 0 Å². The summed E-state index contributed by atoms with van der Waals surface area (Å²) in [7, 11) is 0. The van der Waals surface area contributed by atoms with Crippen LogP contribution in [-0.2, 0) is 17.6 Å². The zero-order valence-electron chi connectivity index (χ0n) is 11.9. The molecule has 2 rings (SSSR count). The quantitative estimate of drug-likeness (QED) is 0.583. The number of benzene rings is 2. The highest BCUT2D eigenvalue weighted by atomic mass is 16.5. The van der Waals surface area contributed by atoms with Crippen molar-refractivity contribution in [1.82, 2.24) is 0 Å². The molecule has 2 N–H and O–H groups in total. The third-order valence-corrected chi connectivity index (χ3v) is 3.42. The largest absolute Gasteiger partial charge is 0.399 e. The molecule has 0 radical (unpaired) electrons. The van der Waals surface area contributed by atoms with E-state index in [1.54, 1.807) is 0 Å². The van der Waals surface area contributed by atoms with Crippen LogP contribution in [0.2, 0.25) is 0 Å². The molecule has 0 atom stereocenters. The number of nitrogen functional groups attached to an aromatic ring is 1. The molecule has 2 aromatic rings. The Morgan fingerprint density at radius 2 is 1.50 bits per heavy atom. The van der Waals surface area contributed by atoms with Gasteiger partial charge in [0.1, 0.15) is 0 Å². The zero-order valence-corrected chi connectivity index (χ0v) is 11.9. The summed E-state index contributed by atoms with van der Waals surface area (Å²) in [6, 6.07) is 18.6. The lowest BCUT2D eigenvalue weighted by Gasteiger charge is -2.06. The summed E-state index contributed by atoms with van der Waals surface area (Å²) >= 11 is 0. The van der Waals surface area contributed by atoms with Crippen LogP contribution in [0, 0.1) is 0 Å².